The van der Waals surface area contributed by atoms with Gasteiger partial charge in [-0.05, 0) is 61.0 Å². The molecule has 3 heterocycles. The van der Waals surface area contributed by atoms with Crippen molar-refractivity contribution in [3.63, 3.8) is 0 Å². The Hall–Kier alpha value is -2.62. The van der Waals surface area contributed by atoms with Gasteiger partial charge in [-0.3, -0.25) is 4.90 Å². The lowest BCUT2D eigenvalue weighted by Gasteiger charge is -2.51. The number of hydrogen-bond acceptors (Lipinski definition) is 3. The third-order valence-electron chi connectivity index (χ3n) is 7.19. The van der Waals surface area contributed by atoms with Gasteiger partial charge in [-0.2, -0.15) is 0 Å². The van der Waals surface area contributed by atoms with Gasteiger partial charge in [0.2, 0.25) is 0 Å². The molecule has 2 atom stereocenters. The van der Waals surface area contributed by atoms with E-state index in [2.05, 4.69) is 83.0 Å². The third kappa shape index (κ3) is 4.26. The maximum absolute atomic E-state index is 5.68. The lowest BCUT2D eigenvalue weighted by Crippen LogP contribution is -2.63. The molecule has 0 aromatic heterocycles. The van der Waals surface area contributed by atoms with Gasteiger partial charge in [0.05, 0.1) is 7.11 Å². The summed E-state index contributed by atoms with van der Waals surface area (Å²) in [6.45, 7) is 3.41. The van der Waals surface area contributed by atoms with Gasteiger partial charge in [-0.1, -0.05) is 72.8 Å². The van der Waals surface area contributed by atoms with Crippen LogP contribution < -0.4 is 10.1 Å². The molecule has 0 spiro atoms. The number of methoxy groups -OCH3 is 1. The molecule has 3 heteroatoms. The first-order valence-corrected chi connectivity index (χ1v) is 11.6. The van der Waals surface area contributed by atoms with Gasteiger partial charge in [0.1, 0.15) is 5.75 Å². The van der Waals surface area contributed by atoms with Gasteiger partial charge in [0, 0.05) is 24.2 Å². The largest absolute Gasteiger partial charge is 0.496 e. The Balaban J connectivity index is 1.41. The van der Waals surface area contributed by atoms with Crippen molar-refractivity contribution in [2.75, 3.05) is 20.2 Å². The Morgan fingerprint density at radius 1 is 0.839 bits per heavy atom. The normalized spacial score (nSPS) is 24.8. The predicted octanol–water partition coefficient (Wildman–Crippen LogP) is 5.16. The lowest BCUT2D eigenvalue weighted by atomic mass is 9.76. The quantitative estimate of drug-likeness (QED) is 0.580. The molecule has 0 aliphatic carbocycles. The van der Waals surface area contributed by atoms with E-state index in [9.17, 15) is 0 Å². The Morgan fingerprint density at radius 2 is 1.52 bits per heavy atom. The van der Waals surface area contributed by atoms with Gasteiger partial charge in [0.15, 0.2) is 0 Å². The summed E-state index contributed by atoms with van der Waals surface area (Å²) in [6, 6.07) is 29.1. The third-order valence-corrected chi connectivity index (χ3v) is 7.19. The Morgan fingerprint density at radius 3 is 2.29 bits per heavy atom. The molecule has 3 aromatic carbocycles. The monoisotopic (exact) mass is 412 g/mol. The number of fused-ring (bicyclic) bond motifs is 3. The maximum atomic E-state index is 5.68. The number of para-hydroxylation sites is 1. The van der Waals surface area contributed by atoms with E-state index in [-0.39, 0.29) is 0 Å². The zero-order valence-electron chi connectivity index (χ0n) is 18.3. The summed E-state index contributed by atoms with van der Waals surface area (Å²) >= 11 is 0. The Labute approximate surface area is 186 Å². The summed E-state index contributed by atoms with van der Waals surface area (Å²) < 4.78 is 5.68. The van der Waals surface area contributed by atoms with E-state index in [1.54, 1.807) is 7.11 Å². The molecule has 0 amide bonds. The van der Waals surface area contributed by atoms with Crippen LogP contribution in [0.25, 0.3) is 11.1 Å². The fourth-order valence-corrected chi connectivity index (χ4v) is 5.60. The van der Waals surface area contributed by atoms with Crippen LogP contribution in [0.1, 0.15) is 24.0 Å². The minimum Gasteiger partial charge on any atom is -0.496 e. The summed E-state index contributed by atoms with van der Waals surface area (Å²) in [5.41, 5.74) is 5.26. The molecule has 31 heavy (non-hydrogen) atoms. The summed E-state index contributed by atoms with van der Waals surface area (Å²) in [5.74, 6) is 1.72. The second kappa shape index (κ2) is 9.25. The summed E-state index contributed by atoms with van der Waals surface area (Å²) in [4.78, 5) is 2.72. The first-order valence-electron chi connectivity index (χ1n) is 11.6. The topological polar surface area (TPSA) is 24.5 Å². The van der Waals surface area contributed by atoms with Gasteiger partial charge in [-0.25, -0.2) is 0 Å². The van der Waals surface area contributed by atoms with Crippen molar-refractivity contribution < 1.29 is 4.74 Å². The van der Waals surface area contributed by atoms with Gasteiger partial charge < -0.3 is 10.1 Å². The van der Waals surface area contributed by atoms with Crippen molar-refractivity contribution in [2.45, 2.75) is 37.9 Å². The standard InChI is InChI=1S/C28H32N2O/c1-31-27-14-8-7-13-25(27)24-12-6-5-11-23(24)19-26-28(22-15-17-30(26)18-16-22)29-20-21-9-3-2-4-10-21/h2-14,22,26,28-29H,15-20H2,1H3. The first-order chi connectivity index (χ1) is 15.3. The number of nitrogens with one attached hydrogen (secondary N) is 1. The molecule has 3 saturated heterocycles. The highest BCUT2D eigenvalue weighted by atomic mass is 16.5. The molecular weight excluding hydrogens is 380 g/mol. The van der Waals surface area contributed by atoms with E-state index >= 15 is 0 Å². The highest BCUT2D eigenvalue weighted by Crippen LogP contribution is 2.37. The molecule has 2 unspecified atom stereocenters. The van der Waals surface area contributed by atoms with Crippen LogP contribution in [0.3, 0.4) is 0 Å². The molecule has 0 saturated carbocycles. The van der Waals surface area contributed by atoms with Gasteiger partial charge in [0.25, 0.3) is 0 Å². The second-order valence-electron chi connectivity index (χ2n) is 8.89. The lowest BCUT2D eigenvalue weighted by molar-refractivity contribution is 0.0127. The molecule has 160 valence electrons. The average molecular weight is 413 g/mol. The average Bonchev–Trinajstić information content (AvgIpc) is 2.85. The number of ether oxygens (including phenoxy) is 1. The SMILES string of the molecule is COc1ccccc1-c1ccccc1CC1C(NCc2ccccc2)C2CCN1CC2. The first kappa shape index (κ1) is 20.3. The molecule has 0 radical (unpaired) electrons. The Kier molecular flexibility index (Phi) is 6.06. The molecule has 2 bridgehead atoms. The van der Waals surface area contributed by atoms with Crippen molar-refractivity contribution in [3.05, 3.63) is 90.0 Å². The number of rotatable bonds is 7. The van der Waals surface area contributed by atoms with Gasteiger partial charge >= 0.3 is 0 Å². The van der Waals surface area contributed by atoms with Crippen molar-refractivity contribution in [1.82, 2.24) is 10.2 Å². The fourth-order valence-electron chi connectivity index (χ4n) is 5.60. The van der Waals surface area contributed by atoms with E-state index in [0.29, 0.717) is 12.1 Å². The Bertz CT molecular complexity index is 995. The molecule has 1 N–H and O–H groups in total. The van der Waals surface area contributed by atoms with Crippen molar-refractivity contribution in [1.29, 1.82) is 0 Å². The predicted molar refractivity (Wildman–Crippen MR) is 127 cm³/mol. The van der Waals surface area contributed by atoms with E-state index in [1.807, 2.05) is 6.07 Å². The van der Waals surface area contributed by atoms with E-state index in [4.69, 9.17) is 4.74 Å². The molecule has 3 aliphatic rings. The van der Waals surface area contributed by atoms with Crippen LogP contribution in [0.2, 0.25) is 0 Å². The van der Waals surface area contributed by atoms with Crippen molar-refractivity contribution >= 4 is 0 Å². The van der Waals surface area contributed by atoms with E-state index in [1.165, 1.54) is 48.2 Å². The highest BCUT2D eigenvalue weighted by Gasteiger charge is 2.41. The number of benzene rings is 3. The zero-order chi connectivity index (χ0) is 21.0. The number of piperidine rings is 3. The molecular formula is C28H32N2O. The van der Waals surface area contributed by atoms with Crippen LogP contribution in [0.4, 0.5) is 0 Å². The summed E-state index contributed by atoms with van der Waals surface area (Å²) in [7, 11) is 1.76. The fraction of sp³-hybridized carbons (Fsp3) is 0.357. The minimum atomic E-state index is 0.534. The van der Waals surface area contributed by atoms with Crippen LogP contribution in [0, 0.1) is 5.92 Å². The number of nitrogens with zero attached hydrogens (tertiary/aromatic N) is 1. The smallest absolute Gasteiger partial charge is 0.126 e. The maximum Gasteiger partial charge on any atom is 0.126 e. The summed E-state index contributed by atoms with van der Waals surface area (Å²) in [6.07, 6.45) is 3.70. The van der Waals surface area contributed by atoms with Crippen LogP contribution >= 0.6 is 0 Å². The molecule has 3 nitrogen and oxygen atoms in total. The van der Waals surface area contributed by atoms with E-state index < -0.39 is 0 Å². The van der Waals surface area contributed by atoms with Gasteiger partial charge in [-0.15, -0.1) is 0 Å². The summed E-state index contributed by atoms with van der Waals surface area (Å²) in [5, 5.41) is 3.96. The van der Waals surface area contributed by atoms with Crippen molar-refractivity contribution in [2.24, 2.45) is 5.92 Å². The second-order valence-corrected chi connectivity index (χ2v) is 8.89. The van der Waals surface area contributed by atoms with Crippen LogP contribution in [-0.4, -0.2) is 37.2 Å². The molecule has 3 aliphatic heterocycles. The molecule has 6 rings (SSSR count). The number of hydrogen-bond donors (Lipinski definition) is 1. The zero-order valence-corrected chi connectivity index (χ0v) is 18.3. The van der Waals surface area contributed by atoms with Crippen LogP contribution in [0.5, 0.6) is 5.75 Å². The molecule has 3 aromatic rings. The molecule has 3 fully saturated rings. The van der Waals surface area contributed by atoms with Crippen molar-refractivity contribution in [3.8, 4) is 16.9 Å². The van der Waals surface area contributed by atoms with Crippen LogP contribution in [0.15, 0.2) is 78.9 Å². The highest BCUT2D eigenvalue weighted by molar-refractivity contribution is 5.73. The van der Waals surface area contributed by atoms with E-state index in [0.717, 1.165) is 24.6 Å². The van der Waals surface area contributed by atoms with Crippen LogP contribution in [-0.2, 0) is 13.0 Å². The minimum absolute atomic E-state index is 0.534.